The van der Waals surface area contributed by atoms with Crippen molar-refractivity contribution < 1.29 is 14.5 Å². The Bertz CT molecular complexity index is 1020. The number of allylic oxidation sites excluding steroid dienone is 3. The van der Waals surface area contributed by atoms with Crippen LogP contribution in [0.5, 0.6) is 0 Å². The van der Waals surface area contributed by atoms with Gasteiger partial charge in [0.1, 0.15) is 5.02 Å². The summed E-state index contributed by atoms with van der Waals surface area (Å²) in [6.45, 7) is 0. The third-order valence-corrected chi connectivity index (χ3v) is 5.21. The number of rotatable bonds is 2. The fraction of sp³-hybridized carbons (Fsp3) is 0.211. The van der Waals surface area contributed by atoms with Gasteiger partial charge in [-0.1, -0.05) is 17.7 Å². The molecule has 0 fully saturated rings. The lowest BCUT2D eigenvalue weighted by Crippen LogP contribution is -2.35. The summed E-state index contributed by atoms with van der Waals surface area (Å²) in [5.74, 6) is -0.683. The van der Waals surface area contributed by atoms with Crippen LogP contribution in [-0.2, 0) is 4.79 Å². The molecule has 136 valence electrons. The maximum atomic E-state index is 12.4. The van der Waals surface area contributed by atoms with Crippen LogP contribution in [0.3, 0.4) is 0 Å². The highest BCUT2D eigenvalue weighted by molar-refractivity contribution is 6.32. The van der Waals surface area contributed by atoms with Crippen LogP contribution in [0.2, 0.25) is 5.02 Å². The number of aliphatic imine (C=N–C) groups is 1. The molecule has 2 amide bonds. The van der Waals surface area contributed by atoms with Gasteiger partial charge in [-0.15, -0.1) is 0 Å². The Labute approximate surface area is 159 Å². The molecule has 27 heavy (non-hydrogen) atoms. The van der Waals surface area contributed by atoms with Crippen LogP contribution in [0.4, 0.5) is 5.69 Å². The van der Waals surface area contributed by atoms with Crippen LogP contribution in [0, 0.1) is 16.0 Å². The van der Waals surface area contributed by atoms with E-state index in [1.54, 1.807) is 12.2 Å². The number of nitrogens with one attached hydrogen (secondary N) is 1. The molecule has 1 aliphatic heterocycles. The van der Waals surface area contributed by atoms with Crippen molar-refractivity contribution in [1.29, 1.82) is 0 Å². The van der Waals surface area contributed by atoms with Gasteiger partial charge < -0.3 is 5.32 Å². The van der Waals surface area contributed by atoms with Gasteiger partial charge in [-0.3, -0.25) is 19.7 Å². The molecule has 1 aromatic rings. The number of hydrogen-bond acceptors (Lipinski definition) is 4. The Hall–Kier alpha value is -3.06. The third-order valence-electron chi connectivity index (χ3n) is 4.89. The summed E-state index contributed by atoms with van der Waals surface area (Å²) >= 11 is 5.77. The zero-order chi connectivity index (χ0) is 19.1. The molecule has 0 bridgehead atoms. The van der Waals surface area contributed by atoms with Crippen LogP contribution >= 0.6 is 11.6 Å². The number of halogens is 1. The Morgan fingerprint density at radius 2 is 2.15 bits per heavy atom. The molecule has 1 heterocycles. The largest absolute Gasteiger partial charge is 0.325 e. The van der Waals surface area contributed by atoms with E-state index in [1.807, 2.05) is 6.08 Å². The van der Waals surface area contributed by atoms with E-state index in [0.717, 1.165) is 36.5 Å². The van der Waals surface area contributed by atoms with Gasteiger partial charge in [0, 0.05) is 28.8 Å². The minimum Gasteiger partial charge on any atom is -0.325 e. The lowest BCUT2D eigenvalue weighted by atomic mass is 9.85. The molecule has 3 aliphatic rings. The van der Waals surface area contributed by atoms with Crippen LogP contribution in [-0.4, -0.2) is 22.4 Å². The Kier molecular flexibility index (Phi) is 4.24. The van der Waals surface area contributed by atoms with E-state index >= 15 is 0 Å². The molecule has 1 N–H and O–H groups in total. The lowest BCUT2D eigenvalue weighted by molar-refractivity contribution is -0.384. The highest BCUT2D eigenvalue weighted by Crippen LogP contribution is 2.39. The fourth-order valence-electron chi connectivity index (χ4n) is 3.63. The van der Waals surface area contributed by atoms with Crippen molar-refractivity contribution in [1.82, 2.24) is 5.32 Å². The summed E-state index contributed by atoms with van der Waals surface area (Å²) in [4.78, 5) is 38.9. The molecule has 0 aromatic heterocycles. The molecule has 2 aliphatic carbocycles. The minimum absolute atomic E-state index is 0.0193. The second kappa shape index (κ2) is 6.59. The van der Waals surface area contributed by atoms with Crippen molar-refractivity contribution in [3.63, 3.8) is 0 Å². The number of fused-ring (bicyclic) bond motifs is 2. The zero-order valence-corrected chi connectivity index (χ0v) is 14.8. The van der Waals surface area contributed by atoms with Crippen LogP contribution in [0.25, 0.3) is 0 Å². The van der Waals surface area contributed by atoms with Crippen molar-refractivity contribution in [2.24, 2.45) is 10.9 Å². The molecule has 8 heteroatoms. The quantitative estimate of drug-likeness (QED) is 0.623. The van der Waals surface area contributed by atoms with Gasteiger partial charge in [0.15, 0.2) is 0 Å². The molecule has 7 nitrogen and oxygen atoms in total. The first kappa shape index (κ1) is 17.4. The number of hydrogen-bond donors (Lipinski definition) is 1. The van der Waals surface area contributed by atoms with Gasteiger partial charge in [-0.05, 0) is 49.1 Å². The monoisotopic (exact) mass is 383 g/mol. The average molecular weight is 384 g/mol. The second-order valence-electron chi connectivity index (χ2n) is 6.51. The van der Waals surface area contributed by atoms with Gasteiger partial charge in [-0.2, -0.15) is 0 Å². The summed E-state index contributed by atoms with van der Waals surface area (Å²) in [5, 5.41) is 13.8. The van der Waals surface area contributed by atoms with E-state index in [9.17, 15) is 19.7 Å². The number of amides is 2. The summed E-state index contributed by atoms with van der Waals surface area (Å²) in [5.41, 5.74) is 2.82. The number of carbonyl (C=O) groups excluding carboxylic acids is 2. The van der Waals surface area contributed by atoms with Gasteiger partial charge in [0.05, 0.1) is 10.6 Å². The zero-order valence-electron chi connectivity index (χ0n) is 14.1. The summed E-state index contributed by atoms with van der Waals surface area (Å²) < 4.78 is 0. The van der Waals surface area contributed by atoms with Crippen LogP contribution < -0.4 is 5.32 Å². The van der Waals surface area contributed by atoms with Crippen LogP contribution in [0.1, 0.15) is 29.6 Å². The molecule has 1 atom stereocenters. The van der Waals surface area contributed by atoms with Crippen molar-refractivity contribution in [3.05, 3.63) is 74.0 Å². The Morgan fingerprint density at radius 1 is 1.33 bits per heavy atom. The smallest absolute Gasteiger partial charge is 0.288 e. The SMILES string of the molecule is O=C1NC2=CC(=NC(=O)c3ccc(Cl)c([N+](=O)[O-])c3)C=CC2C2=C1CCC2. The molecule has 0 spiro atoms. The third kappa shape index (κ3) is 3.10. The lowest BCUT2D eigenvalue weighted by Gasteiger charge is -2.28. The maximum absolute atomic E-state index is 12.4. The average Bonchev–Trinajstić information content (AvgIpc) is 3.12. The summed E-state index contributed by atoms with van der Waals surface area (Å²) in [7, 11) is 0. The Balaban J connectivity index is 1.62. The Morgan fingerprint density at radius 3 is 2.93 bits per heavy atom. The molecular formula is C19H14ClN3O4. The number of nitro benzene ring substituents is 1. The number of benzene rings is 1. The first-order chi connectivity index (χ1) is 12.9. The van der Waals surface area contributed by atoms with Gasteiger partial charge in [0.25, 0.3) is 17.5 Å². The topological polar surface area (TPSA) is 102 Å². The number of nitro groups is 1. The van der Waals surface area contributed by atoms with E-state index in [0.29, 0.717) is 11.4 Å². The van der Waals surface area contributed by atoms with E-state index in [1.165, 1.54) is 12.1 Å². The van der Waals surface area contributed by atoms with E-state index in [-0.39, 0.29) is 28.1 Å². The van der Waals surface area contributed by atoms with E-state index < -0.39 is 10.8 Å². The highest BCUT2D eigenvalue weighted by atomic mass is 35.5. The standard InChI is InChI=1S/C19H14ClN3O4/c20-15-7-4-10(8-17(15)23(26)27)18(24)21-11-5-6-13-12-2-1-3-14(12)19(25)22-16(13)9-11/h4-9,13H,1-3H2,(H,22,25). The normalized spacial score (nSPS) is 22.3. The van der Waals surface area contributed by atoms with Gasteiger partial charge in [0.2, 0.25) is 0 Å². The van der Waals surface area contributed by atoms with Crippen molar-refractivity contribution in [3.8, 4) is 0 Å². The number of nitrogens with zero attached hydrogens (tertiary/aromatic N) is 2. The van der Waals surface area contributed by atoms with E-state index in [2.05, 4.69) is 10.3 Å². The fourth-order valence-corrected chi connectivity index (χ4v) is 3.81. The first-order valence-electron chi connectivity index (χ1n) is 8.44. The first-order valence-corrected chi connectivity index (χ1v) is 8.82. The highest BCUT2D eigenvalue weighted by Gasteiger charge is 2.34. The van der Waals surface area contributed by atoms with Crippen molar-refractivity contribution in [2.75, 3.05) is 0 Å². The number of carbonyl (C=O) groups is 2. The molecule has 0 saturated heterocycles. The molecular weight excluding hydrogens is 370 g/mol. The molecule has 1 aromatic carbocycles. The molecule has 0 radical (unpaired) electrons. The van der Waals surface area contributed by atoms with Gasteiger partial charge >= 0.3 is 0 Å². The van der Waals surface area contributed by atoms with Crippen molar-refractivity contribution >= 4 is 34.8 Å². The molecule has 4 rings (SSSR count). The minimum atomic E-state index is -0.649. The predicted molar refractivity (Wildman–Crippen MR) is 99.6 cm³/mol. The van der Waals surface area contributed by atoms with Gasteiger partial charge in [-0.25, -0.2) is 4.99 Å². The second-order valence-corrected chi connectivity index (χ2v) is 6.92. The van der Waals surface area contributed by atoms with Crippen molar-refractivity contribution in [2.45, 2.75) is 19.3 Å². The molecule has 1 unspecified atom stereocenters. The maximum Gasteiger partial charge on any atom is 0.288 e. The molecule has 0 saturated carbocycles. The predicted octanol–water partition coefficient (Wildman–Crippen LogP) is 3.51. The summed E-state index contributed by atoms with van der Waals surface area (Å²) in [6, 6.07) is 3.80. The van der Waals surface area contributed by atoms with E-state index in [4.69, 9.17) is 11.6 Å². The van der Waals surface area contributed by atoms with Crippen LogP contribution in [0.15, 0.2) is 58.3 Å². The summed E-state index contributed by atoms with van der Waals surface area (Å²) in [6.07, 6.45) is 8.00.